The molecular formula is C10H16N4O2. The molecule has 1 aliphatic carbocycles. The molecule has 1 aromatic rings. The number of aromatic nitrogens is 2. The summed E-state index contributed by atoms with van der Waals surface area (Å²) < 4.78 is 4.95. The molecule has 1 saturated carbocycles. The van der Waals surface area contributed by atoms with Crippen molar-refractivity contribution in [1.29, 1.82) is 0 Å². The molecule has 0 saturated heterocycles. The van der Waals surface area contributed by atoms with Gasteiger partial charge in [-0.2, -0.15) is 0 Å². The third-order valence-electron chi connectivity index (χ3n) is 2.62. The molecule has 6 nitrogen and oxygen atoms in total. The van der Waals surface area contributed by atoms with Crippen LogP contribution in [0, 0.1) is 0 Å². The lowest BCUT2D eigenvalue weighted by atomic mass is 10.3. The monoisotopic (exact) mass is 224 g/mol. The molecule has 0 radical (unpaired) electrons. The van der Waals surface area contributed by atoms with E-state index in [0.29, 0.717) is 24.1 Å². The minimum absolute atomic E-state index is 0.108. The summed E-state index contributed by atoms with van der Waals surface area (Å²) >= 11 is 0. The van der Waals surface area contributed by atoms with E-state index < -0.39 is 0 Å². The fourth-order valence-electron chi connectivity index (χ4n) is 1.52. The molecule has 0 amide bonds. The van der Waals surface area contributed by atoms with Crippen LogP contribution in [0.3, 0.4) is 0 Å². The van der Waals surface area contributed by atoms with Crippen molar-refractivity contribution in [2.24, 2.45) is 0 Å². The molecular weight excluding hydrogens is 208 g/mol. The molecule has 0 spiro atoms. The zero-order chi connectivity index (χ0) is 11.6. The van der Waals surface area contributed by atoms with E-state index in [4.69, 9.17) is 10.5 Å². The van der Waals surface area contributed by atoms with Crippen LogP contribution in [-0.2, 0) is 11.3 Å². The topological polar surface area (TPSA) is 93.3 Å². The Kier molecular flexibility index (Phi) is 2.93. The molecule has 88 valence electrons. The highest BCUT2D eigenvalue weighted by Gasteiger charge is 2.42. The SMILES string of the molecule is COCc1nc(N)cc(NC2(CO)CC2)n1. The van der Waals surface area contributed by atoms with E-state index in [1.54, 1.807) is 13.2 Å². The van der Waals surface area contributed by atoms with Crippen molar-refractivity contribution in [3.8, 4) is 0 Å². The summed E-state index contributed by atoms with van der Waals surface area (Å²) in [5.41, 5.74) is 5.46. The van der Waals surface area contributed by atoms with Crippen LogP contribution < -0.4 is 11.1 Å². The normalized spacial score (nSPS) is 17.1. The average Bonchev–Trinajstić information content (AvgIpc) is 2.98. The molecule has 0 unspecified atom stereocenters. The molecule has 1 fully saturated rings. The van der Waals surface area contributed by atoms with Gasteiger partial charge in [-0.3, -0.25) is 0 Å². The first-order chi connectivity index (χ1) is 7.67. The van der Waals surface area contributed by atoms with Crippen LogP contribution in [0.1, 0.15) is 18.7 Å². The fraction of sp³-hybridized carbons (Fsp3) is 0.600. The quantitative estimate of drug-likeness (QED) is 0.659. The zero-order valence-corrected chi connectivity index (χ0v) is 9.23. The van der Waals surface area contributed by atoms with Crippen LogP contribution >= 0.6 is 0 Å². The van der Waals surface area contributed by atoms with Crippen LogP contribution in [0.25, 0.3) is 0 Å². The molecule has 0 aromatic carbocycles. The number of nitrogens with two attached hydrogens (primary N) is 1. The van der Waals surface area contributed by atoms with Gasteiger partial charge in [-0.25, -0.2) is 9.97 Å². The molecule has 4 N–H and O–H groups in total. The van der Waals surface area contributed by atoms with Gasteiger partial charge >= 0.3 is 0 Å². The highest BCUT2D eigenvalue weighted by atomic mass is 16.5. The van der Waals surface area contributed by atoms with E-state index in [9.17, 15) is 5.11 Å². The number of hydrogen-bond acceptors (Lipinski definition) is 6. The Morgan fingerprint density at radius 1 is 1.56 bits per heavy atom. The van der Waals surface area contributed by atoms with Crippen LogP contribution in [-0.4, -0.2) is 34.3 Å². The van der Waals surface area contributed by atoms with Crippen molar-refractivity contribution in [1.82, 2.24) is 9.97 Å². The maximum absolute atomic E-state index is 9.20. The van der Waals surface area contributed by atoms with Crippen molar-refractivity contribution in [3.63, 3.8) is 0 Å². The highest BCUT2D eigenvalue weighted by molar-refractivity contribution is 5.47. The zero-order valence-electron chi connectivity index (χ0n) is 9.23. The predicted molar refractivity (Wildman–Crippen MR) is 59.8 cm³/mol. The van der Waals surface area contributed by atoms with E-state index in [0.717, 1.165) is 12.8 Å². The number of nitrogens with zero attached hydrogens (tertiary/aromatic N) is 2. The molecule has 1 aromatic heterocycles. The number of ether oxygens (including phenoxy) is 1. The Morgan fingerprint density at radius 3 is 2.88 bits per heavy atom. The Hall–Kier alpha value is -1.40. The van der Waals surface area contributed by atoms with Crippen LogP contribution in [0.5, 0.6) is 0 Å². The minimum atomic E-state index is -0.203. The molecule has 6 heteroatoms. The predicted octanol–water partition coefficient (Wildman–Crippen LogP) is 0.142. The first-order valence-corrected chi connectivity index (χ1v) is 5.19. The van der Waals surface area contributed by atoms with Gasteiger partial charge in [0.1, 0.15) is 18.2 Å². The Bertz CT molecular complexity index is 379. The lowest BCUT2D eigenvalue weighted by Crippen LogP contribution is -2.26. The van der Waals surface area contributed by atoms with Crippen molar-refractivity contribution < 1.29 is 9.84 Å². The Labute approximate surface area is 93.9 Å². The summed E-state index contributed by atoms with van der Waals surface area (Å²) in [4.78, 5) is 8.30. The lowest BCUT2D eigenvalue weighted by Gasteiger charge is -2.15. The smallest absolute Gasteiger partial charge is 0.158 e. The molecule has 16 heavy (non-hydrogen) atoms. The average molecular weight is 224 g/mol. The van der Waals surface area contributed by atoms with Gasteiger partial charge in [-0.1, -0.05) is 0 Å². The number of aliphatic hydroxyl groups excluding tert-OH is 1. The van der Waals surface area contributed by atoms with Crippen molar-refractivity contribution in [2.75, 3.05) is 24.8 Å². The number of anilines is 2. The summed E-state index contributed by atoms with van der Waals surface area (Å²) in [6.07, 6.45) is 1.90. The van der Waals surface area contributed by atoms with Crippen LogP contribution in [0.2, 0.25) is 0 Å². The third kappa shape index (κ3) is 2.40. The van der Waals surface area contributed by atoms with E-state index in [2.05, 4.69) is 15.3 Å². The van der Waals surface area contributed by atoms with Crippen LogP contribution in [0.4, 0.5) is 11.6 Å². The number of nitrogen functional groups attached to an aromatic ring is 1. The first kappa shape index (κ1) is 11.1. The van der Waals surface area contributed by atoms with Gasteiger partial charge in [0, 0.05) is 13.2 Å². The molecule has 1 heterocycles. The van der Waals surface area contributed by atoms with Crippen molar-refractivity contribution in [3.05, 3.63) is 11.9 Å². The number of nitrogens with one attached hydrogen (secondary N) is 1. The summed E-state index contributed by atoms with van der Waals surface area (Å²) in [5.74, 6) is 1.59. The van der Waals surface area contributed by atoms with E-state index in [-0.39, 0.29) is 12.1 Å². The number of rotatable bonds is 5. The number of methoxy groups -OCH3 is 1. The first-order valence-electron chi connectivity index (χ1n) is 5.19. The maximum Gasteiger partial charge on any atom is 0.158 e. The second-order valence-corrected chi connectivity index (χ2v) is 4.09. The molecule has 0 aliphatic heterocycles. The third-order valence-corrected chi connectivity index (χ3v) is 2.62. The van der Waals surface area contributed by atoms with Gasteiger partial charge in [-0.15, -0.1) is 0 Å². The highest BCUT2D eigenvalue weighted by Crippen LogP contribution is 2.37. The molecule has 0 bridgehead atoms. The van der Waals surface area contributed by atoms with Gasteiger partial charge < -0.3 is 20.9 Å². The van der Waals surface area contributed by atoms with E-state index in [1.165, 1.54) is 0 Å². The van der Waals surface area contributed by atoms with E-state index >= 15 is 0 Å². The van der Waals surface area contributed by atoms with E-state index in [1.807, 2.05) is 0 Å². The summed E-state index contributed by atoms with van der Waals surface area (Å²) in [6, 6.07) is 1.66. The largest absolute Gasteiger partial charge is 0.394 e. The van der Waals surface area contributed by atoms with Gasteiger partial charge in [0.25, 0.3) is 0 Å². The fourth-order valence-corrected chi connectivity index (χ4v) is 1.52. The molecule has 1 aliphatic rings. The standard InChI is InChI=1S/C10H16N4O2/c1-16-5-9-12-7(11)4-8(13-9)14-10(6-15)2-3-10/h4,15H,2-3,5-6H2,1H3,(H3,11,12,13,14). The van der Waals surface area contributed by atoms with Crippen molar-refractivity contribution in [2.45, 2.75) is 25.0 Å². The second kappa shape index (κ2) is 4.23. The van der Waals surface area contributed by atoms with Gasteiger partial charge in [0.05, 0.1) is 12.1 Å². The maximum atomic E-state index is 9.20. The van der Waals surface area contributed by atoms with Crippen molar-refractivity contribution >= 4 is 11.6 Å². The number of aliphatic hydroxyl groups is 1. The molecule has 2 rings (SSSR count). The Balaban J connectivity index is 2.14. The van der Waals surface area contributed by atoms with Gasteiger partial charge in [0.15, 0.2) is 5.82 Å². The lowest BCUT2D eigenvalue weighted by molar-refractivity contribution is 0.178. The summed E-state index contributed by atoms with van der Waals surface area (Å²) in [7, 11) is 1.58. The minimum Gasteiger partial charge on any atom is -0.394 e. The van der Waals surface area contributed by atoms with Gasteiger partial charge in [0.2, 0.25) is 0 Å². The molecule has 0 atom stereocenters. The summed E-state index contributed by atoms with van der Waals surface area (Å²) in [6.45, 7) is 0.433. The Morgan fingerprint density at radius 2 is 2.31 bits per heavy atom. The van der Waals surface area contributed by atoms with Gasteiger partial charge in [-0.05, 0) is 12.8 Å². The second-order valence-electron chi connectivity index (χ2n) is 4.09. The summed E-state index contributed by atoms with van der Waals surface area (Å²) in [5, 5.41) is 12.4. The van der Waals surface area contributed by atoms with Crippen LogP contribution in [0.15, 0.2) is 6.07 Å². The number of hydrogen-bond donors (Lipinski definition) is 3.